The Morgan fingerprint density at radius 1 is 1.31 bits per heavy atom. The maximum atomic E-state index is 12.2. The second-order valence-corrected chi connectivity index (χ2v) is 5.75. The van der Waals surface area contributed by atoms with Gasteiger partial charge < -0.3 is 10.6 Å². The molecule has 2 rings (SSSR count). The van der Waals surface area contributed by atoms with Crippen LogP contribution >= 0.6 is 0 Å². The number of rotatable bonds is 2. The summed E-state index contributed by atoms with van der Waals surface area (Å²) in [6.45, 7) is 5.30. The van der Waals surface area contributed by atoms with Crippen molar-refractivity contribution in [1.29, 1.82) is 0 Å². The van der Waals surface area contributed by atoms with E-state index in [4.69, 9.17) is 0 Å². The van der Waals surface area contributed by atoms with Crippen LogP contribution in [-0.4, -0.2) is 24.0 Å². The van der Waals surface area contributed by atoms with E-state index in [1.165, 1.54) is 19.3 Å². The first-order valence-corrected chi connectivity index (χ1v) is 6.66. The summed E-state index contributed by atoms with van der Waals surface area (Å²) in [5.74, 6) is 0.445. The number of hydrogen-bond donors (Lipinski definition) is 2. The molecule has 16 heavy (non-hydrogen) atoms. The lowest BCUT2D eigenvalue weighted by Crippen LogP contribution is -2.50. The van der Waals surface area contributed by atoms with Gasteiger partial charge in [-0.1, -0.05) is 19.3 Å². The predicted octanol–water partition coefficient (Wildman–Crippen LogP) is 1.82. The molecule has 2 atom stereocenters. The molecular weight excluding hydrogens is 200 g/mol. The molecule has 1 aliphatic carbocycles. The highest BCUT2D eigenvalue weighted by atomic mass is 16.2. The molecule has 0 bridgehead atoms. The van der Waals surface area contributed by atoms with Gasteiger partial charge in [-0.25, -0.2) is 0 Å². The quantitative estimate of drug-likeness (QED) is 0.751. The van der Waals surface area contributed by atoms with Crippen LogP contribution in [0, 0.1) is 5.92 Å². The van der Waals surface area contributed by atoms with Gasteiger partial charge in [0.25, 0.3) is 0 Å². The molecule has 1 saturated carbocycles. The monoisotopic (exact) mass is 224 g/mol. The molecule has 0 radical (unpaired) electrons. The Morgan fingerprint density at radius 2 is 2.00 bits per heavy atom. The summed E-state index contributed by atoms with van der Waals surface area (Å²) in [5, 5.41) is 6.63. The van der Waals surface area contributed by atoms with Crippen LogP contribution in [0.2, 0.25) is 0 Å². The third-order valence-electron chi connectivity index (χ3n) is 4.24. The van der Waals surface area contributed by atoms with Crippen molar-refractivity contribution in [1.82, 2.24) is 10.6 Å². The summed E-state index contributed by atoms with van der Waals surface area (Å²) in [5.41, 5.74) is 0.0671. The fraction of sp³-hybridized carbons (Fsp3) is 0.923. The zero-order chi connectivity index (χ0) is 11.6. The smallest absolute Gasteiger partial charge is 0.225 e. The van der Waals surface area contributed by atoms with Crippen LogP contribution in [0.1, 0.15) is 52.4 Å². The van der Waals surface area contributed by atoms with E-state index in [1.807, 2.05) is 0 Å². The molecule has 1 amide bonds. The molecule has 1 saturated heterocycles. The minimum absolute atomic E-state index is 0.0671. The van der Waals surface area contributed by atoms with Crippen molar-refractivity contribution in [2.45, 2.75) is 64.0 Å². The summed E-state index contributed by atoms with van der Waals surface area (Å²) in [6.07, 6.45) is 7.13. The Labute approximate surface area is 98.4 Å². The largest absolute Gasteiger partial charge is 0.351 e. The lowest BCUT2D eigenvalue weighted by Gasteiger charge is -2.35. The van der Waals surface area contributed by atoms with E-state index < -0.39 is 0 Å². The topological polar surface area (TPSA) is 41.1 Å². The first-order valence-electron chi connectivity index (χ1n) is 6.66. The van der Waals surface area contributed by atoms with Gasteiger partial charge in [-0.15, -0.1) is 0 Å². The summed E-state index contributed by atoms with van der Waals surface area (Å²) < 4.78 is 0. The summed E-state index contributed by atoms with van der Waals surface area (Å²) in [4.78, 5) is 12.2. The van der Waals surface area contributed by atoms with E-state index in [-0.39, 0.29) is 17.4 Å². The van der Waals surface area contributed by atoms with E-state index in [0.717, 1.165) is 25.8 Å². The van der Waals surface area contributed by atoms with Crippen molar-refractivity contribution in [2.24, 2.45) is 5.92 Å². The highest BCUT2D eigenvalue weighted by Crippen LogP contribution is 2.28. The van der Waals surface area contributed by atoms with Gasteiger partial charge in [0.05, 0.1) is 5.92 Å². The minimum Gasteiger partial charge on any atom is -0.351 e. The maximum Gasteiger partial charge on any atom is 0.225 e. The van der Waals surface area contributed by atoms with E-state index in [2.05, 4.69) is 24.5 Å². The minimum atomic E-state index is 0.0671. The van der Waals surface area contributed by atoms with Gasteiger partial charge in [0.15, 0.2) is 0 Å². The average Bonchev–Trinajstić information content (AvgIpc) is 2.65. The van der Waals surface area contributed by atoms with Crippen LogP contribution in [-0.2, 0) is 4.79 Å². The van der Waals surface area contributed by atoms with E-state index in [0.29, 0.717) is 6.04 Å². The van der Waals surface area contributed by atoms with Gasteiger partial charge in [-0.3, -0.25) is 4.79 Å². The number of carbonyl (C=O) groups is 1. The standard InChI is InChI=1S/C13H24N2O/c1-10-11(6-9-14-10)12(16)15-13(2)7-4-3-5-8-13/h10-11,14H,3-9H2,1-2H3,(H,15,16). The molecule has 2 fully saturated rings. The van der Waals surface area contributed by atoms with Gasteiger partial charge in [0, 0.05) is 11.6 Å². The van der Waals surface area contributed by atoms with E-state index in [9.17, 15) is 4.79 Å². The van der Waals surface area contributed by atoms with Crippen LogP contribution < -0.4 is 10.6 Å². The maximum absolute atomic E-state index is 12.2. The average molecular weight is 224 g/mol. The van der Waals surface area contributed by atoms with Crippen LogP contribution in [0.15, 0.2) is 0 Å². The molecule has 92 valence electrons. The lowest BCUT2D eigenvalue weighted by molar-refractivity contribution is -0.127. The second kappa shape index (κ2) is 4.74. The molecule has 1 heterocycles. The number of hydrogen-bond acceptors (Lipinski definition) is 2. The number of amides is 1. The van der Waals surface area contributed by atoms with Gasteiger partial charge in [-0.05, 0) is 39.7 Å². The van der Waals surface area contributed by atoms with Crippen molar-refractivity contribution >= 4 is 5.91 Å². The van der Waals surface area contributed by atoms with Gasteiger partial charge in [0.1, 0.15) is 0 Å². The molecule has 0 aromatic carbocycles. The molecule has 0 aromatic rings. The fourth-order valence-electron chi connectivity index (χ4n) is 3.06. The zero-order valence-corrected chi connectivity index (χ0v) is 10.5. The molecular formula is C13H24N2O. The SMILES string of the molecule is CC1NCCC1C(=O)NC1(C)CCCCC1. The molecule has 0 spiro atoms. The highest BCUT2D eigenvalue weighted by Gasteiger charge is 2.34. The van der Waals surface area contributed by atoms with Crippen LogP contribution in [0.3, 0.4) is 0 Å². The Hall–Kier alpha value is -0.570. The predicted molar refractivity (Wildman–Crippen MR) is 65.2 cm³/mol. The summed E-state index contributed by atoms with van der Waals surface area (Å²) in [7, 11) is 0. The third-order valence-corrected chi connectivity index (χ3v) is 4.24. The third kappa shape index (κ3) is 2.57. The van der Waals surface area contributed by atoms with Crippen molar-refractivity contribution < 1.29 is 4.79 Å². The number of nitrogens with one attached hydrogen (secondary N) is 2. The van der Waals surface area contributed by atoms with Gasteiger partial charge in [-0.2, -0.15) is 0 Å². The summed E-state index contributed by atoms with van der Waals surface area (Å²) >= 11 is 0. The fourth-order valence-corrected chi connectivity index (χ4v) is 3.06. The molecule has 3 nitrogen and oxygen atoms in total. The van der Waals surface area contributed by atoms with Crippen molar-refractivity contribution in [3.63, 3.8) is 0 Å². The van der Waals surface area contributed by atoms with E-state index in [1.54, 1.807) is 0 Å². The molecule has 3 heteroatoms. The Kier molecular flexibility index (Phi) is 3.53. The molecule has 2 N–H and O–H groups in total. The molecule has 2 aliphatic rings. The first-order chi connectivity index (χ1) is 7.61. The van der Waals surface area contributed by atoms with Gasteiger partial charge >= 0.3 is 0 Å². The second-order valence-electron chi connectivity index (χ2n) is 5.75. The van der Waals surface area contributed by atoms with Crippen molar-refractivity contribution in [3.8, 4) is 0 Å². The van der Waals surface area contributed by atoms with E-state index >= 15 is 0 Å². The van der Waals surface area contributed by atoms with Crippen LogP contribution in [0.4, 0.5) is 0 Å². The normalized spacial score (nSPS) is 33.6. The molecule has 2 unspecified atom stereocenters. The highest BCUT2D eigenvalue weighted by molar-refractivity contribution is 5.80. The molecule has 1 aliphatic heterocycles. The van der Waals surface area contributed by atoms with Crippen molar-refractivity contribution in [2.75, 3.05) is 6.54 Å². The van der Waals surface area contributed by atoms with Crippen LogP contribution in [0.5, 0.6) is 0 Å². The molecule has 0 aromatic heterocycles. The summed E-state index contributed by atoms with van der Waals surface area (Å²) in [6, 6.07) is 0.340. The Bertz CT molecular complexity index is 259. The van der Waals surface area contributed by atoms with Crippen molar-refractivity contribution in [3.05, 3.63) is 0 Å². The Morgan fingerprint density at radius 3 is 2.56 bits per heavy atom. The number of carbonyl (C=O) groups excluding carboxylic acids is 1. The Balaban J connectivity index is 1.90. The van der Waals surface area contributed by atoms with Crippen LogP contribution in [0.25, 0.3) is 0 Å². The lowest BCUT2D eigenvalue weighted by atomic mass is 9.82. The first kappa shape index (κ1) is 11.9. The van der Waals surface area contributed by atoms with Gasteiger partial charge in [0.2, 0.25) is 5.91 Å². The zero-order valence-electron chi connectivity index (χ0n) is 10.5.